The number of carbonyl (C=O) groups is 1. The van der Waals surface area contributed by atoms with Crippen LogP contribution < -0.4 is 5.32 Å². The fourth-order valence-electron chi connectivity index (χ4n) is 3.12. The summed E-state index contributed by atoms with van der Waals surface area (Å²) in [6.45, 7) is 0.818. The highest BCUT2D eigenvalue weighted by Gasteiger charge is 2.14. The number of hydrogen-bond donors (Lipinski definition) is 1. The van der Waals surface area contributed by atoms with E-state index in [1.165, 1.54) is 18.2 Å². The molecule has 0 unspecified atom stereocenters. The number of hydrogen-bond acceptors (Lipinski definition) is 5. The van der Waals surface area contributed by atoms with Gasteiger partial charge in [-0.05, 0) is 47.0 Å². The molecule has 0 aliphatic carbocycles. The molecule has 2 heterocycles. The Morgan fingerprint density at radius 3 is 2.61 bits per heavy atom. The van der Waals surface area contributed by atoms with E-state index in [0.717, 1.165) is 22.0 Å². The first-order valence-corrected chi connectivity index (χ1v) is 11.3. The third-order valence-electron chi connectivity index (χ3n) is 4.79. The zero-order valence-corrected chi connectivity index (χ0v) is 18.6. The molecule has 0 saturated carbocycles. The quantitative estimate of drug-likeness (QED) is 0.295. The van der Waals surface area contributed by atoms with E-state index in [1.807, 2.05) is 47.0 Å². The van der Waals surface area contributed by atoms with Crippen LogP contribution in [0.15, 0.2) is 90.4 Å². The Balaban J connectivity index is 1.45. The van der Waals surface area contributed by atoms with Gasteiger partial charge in [0.2, 0.25) is 5.91 Å². The predicted octanol–water partition coefficient (Wildman–Crippen LogP) is 4.48. The van der Waals surface area contributed by atoms with Gasteiger partial charge in [-0.25, -0.2) is 4.39 Å². The Morgan fingerprint density at radius 1 is 1.00 bits per heavy atom. The topological polar surface area (TPSA) is 72.7 Å². The van der Waals surface area contributed by atoms with Crippen molar-refractivity contribution in [3.63, 3.8) is 0 Å². The van der Waals surface area contributed by atoms with E-state index >= 15 is 0 Å². The van der Waals surface area contributed by atoms with Crippen molar-refractivity contribution in [3.8, 4) is 0 Å². The van der Waals surface area contributed by atoms with E-state index in [0.29, 0.717) is 17.9 Å². The minimum atomic E-state index is -0.344. The Labute approximate surface area is 195 Å². The van der Waals surface area contributed by atoms with Crippen LogP contribution in [0.3, 0.4) is 0 Å². The van der Waals surface area contributed by atoms with E-state index in [1.54, 1.807) is 42.4 Å². The Bertz CT molecular complexity index is 1230. The highest BCUT2D eigenvalue weighted by molar-refractivity contribution is 7.98. The summed E-state index contributed by atoms with van der Waals surface area (Å²) in [7, 11) is 0. The minimum absolute atomic E-state index is 0.224. The molecule has 1 amide bonds. The molecule has 0 spiro atoms. The van der Waals surface area contributed by atoms with Crippen molar-refractivity contribution in [2.24, 2.45) is 0 Å². The van der Waals surface area contributed by atoms with Crippen LogP contribution in [-0.4, -0.2) is 25.7 Å². The monoisotopic (exact) mass is 459 g/mol. The summed E-state index contributed by atoms with van der Waals surface area (Å²) in [5, 5.41) is 12.3. The lowest BCUT2D eigenvalue weighted by molar-refractivity contribution is -0.116. The van der Waals surface area contributed by atoms with Gasteiger partial charge < -0.3 is 9.88 Å². The molecule has 2 aromatic heterocycles. The van der Waals surface area contributed by atoms with Crippen LogP contribution in [0.1, 0.15) is 22.5 Å². The van der Waals surface area contributed by atoms with Gasteiger partial charge in [0.15, 0.2) is 11.0 Å². The summed E-state index contributed by atoms with van der Waals surface area (Å²) in [5.41, 5.74) is 2.87. The molecular formula is C25H22FN5OS. The van der Waals surface area contributed by atoms with E-state index in [-0.39, 0.29) is 18.3 Å². The van der Waals surface area contributed by atoms with E-state index in [4.69, 9.17) is 0 Å². The molecule has 0 saturated heterocycles. The van der Waals surface area contributed by atoms with Crippen LogP contribution in [-0.2, 0) is 23.6 Å². The molecule has 33 heavy (non-hydrogen) atoms. The first-order valence-electron chi connectivity index (χ1n) is 10.4. The van der Waals surface area contributed by atoms with Crippen LogP contribution >= 0.6 is 11.8 Å². The van der Waals surface area contributed by atoms with Crippen molar-refractivity contribution < 1.29 is 9.18 Å². The number of halogens is 1. The van der Waals surface area contributed by atoms with Gasteiger partial charge >= 0.3 is 0 Å². The average Bonchev–Trinajstić information content (AvgIpc) is 3.22. The van der Waals surface area contributed by atoms with Crippen molar-refractivity contribution in [1.82, 2.24) is 25.1 Å². The molecule has 0 bridgehead atoms. The smallest absolute Gasteiger partial charge is 0.244 e. The molecule has 6 nitrogen and oxygen atoms in total. The van der Waals surface area contributed by atoms with Crippen molar-refractivity contribution in [2.75, 3.05) is 0 Å². The number of thioether (sulfide) groups is 1. The van der Waals surface area contributed by atoms with Gasteiger partial charge in [0.1, 0.15) is 5.82 Å². The van der Waals surface area contributed by atoms with Crippen LogP contribution in [0.25, 0.3) is 6.08 Å². The van der Waals surface area contributed by atoms with Gasteiger partial charge in [-0.15, -0.1) is 10.2 Å². The first kappa shape index (κ1) is 22.4. The van der Waals surface area contributed by atoms with Gasteiger partial charge in [-0.3, -0.25) is 9.78 Å². The SMILES string of the molecule is O=C(C=Cc1cccc(F)c1)NCc1nnc(SCc2ccncc2)n1Cc1ccccc1. The fourth-order valence-corrected chi connectivity index (χ4v) is 4.03. The maximum absolute atomic E-state index is 13.3. The number of amides is 1. The minimum Gasteiger partial charge on any atom is -0.345 e. The molecule has 8 heteroatoms. The third kappa shape index (κ3) is 6.60. The molecule has 0 atom stereocenters. The summed E-state index contributed by atoms with van der Waals surface area (Å²) in [5.74, 6) is 0.754. The summed E-state index contributed by atoms with van der Waals surface area (Å²) in [4.78, 5) is 16.4. The zero-order chi connectivity index (χ0) is 22.9. The van der Waals surface area contributed by atoms with Crippen molar-refractivity contribution >= 4 is 23.7 Å². The van der Waals surface area contributed by atoms with Gasteiger partial charge in [0.05, 0.1) is 13.1 Å². The summed E-state index contributed by atoms with van der Waals surface area (Å²) in [6.07, 6.45) is 6.49. The van der Waals surface area contributed by atoms with E-state index < -0.39 is 0 Å². The Hall–Kier alpha value is -3.78. The molecule has 0 radical (unpaired) electrons. The zero-order valence-electron chi connectivity index (χ0n) is 17.8. The fraction of sp³-hybridized carbons (Fsp3) is 0.120. The van der Waals surface area contributed by atoms with Crippen LogP contribution in [0.4, 0.5) is 4.39 Å². The predicted molar refractivity (Wildman–Crippen MR) is 127 cm³/mol. The molecular weight excluding hydrogens is 437 g/mol. The number of pyridine rings is 1. The highest BCUT2D eigenvalue weighted by Crippen LogP contribution is 2.23. The van der Waals surface area contributed by atoms with Crippen molar-refractivity contribution in [1.29, 1.82) is 0 Å². The largest absolute Gasteiger partial charge is 0.345 e. The van der Waals surface area contributed by atoms with E-state index in [2.05, 4.69) is 20.5 Å². The normalized spacial score (nSPS) is 11.1. The molecule has 4 rings (SSSR count). The lowest BCUT2D eigenvalue weighted by atomic mass is 10.2. The van der Waals surface area contributed by atoms with Gasteiger partial charge in [0, 0.05) is 24.2 Å². The Morgan fingerprint density at radius 2 is 1.82 bits per heavy atom. The van der Waals surface area contributed by atoms with E-state index in [9.17, 15) is 9.18 Å². The molecule has 4 aromatic rings. The Kier molecular flexibility index (Phi) is 7.60. The number of nitrogens with zero attached hydrogens (tertiary/aromatic N) is 4. The second-order valence-corrected chi connectivity index (χ2v) is 8.16. The molecule has 0 fully saturated rings. The molecule has 166 valence electrons. The van der Waals surface area contributed by atoms with Crippen LogP contribution in [0, 0.1) is 5.82 Å². The number of rotatable bonds is 9. The summed E-state index contributed by atoms with van der Waals surface area (Å²) >= 11 is 1.58. The number of benzene rings is 2. The van der Waals surface area contributed by atoms with Gasteiger partial charge in [0.25, 0.3) is 0 Å². The standard InChI is InChI=1S/C25H22FN5OS/c26-22-8-4-7-19(15-22)9-10-24(32)28-16-23-29-30-25(33-18-21-11-13-27-14-12-21)31(23)17-20-5-2-1-3-6-20/h1-15H,16-18H2,(H,28,32). The second-order valence-electron chi connectivity index (χ2n) is 7.22. The van der Waals surface area contributed by atoms with Crippen molar-refractivity contribution in [2.45, 2.75) is 24.0 Å². The molecule has 0 aliphatic heterocycles. The number of aromatic nitrogens is 4. The van der Waals surface area contributed by atoms with Crippen LogP contribution in [0.5, 0.6) is 0 Å². The maximum atomic E-state index is 13.3. The van der Waals surface area contributed by atoms with Gasteiger partial charge in [-0.2, -0.15) is 0 Å². The summed E-state index contributed by atoms with van der Waals surface area (Å²) in [6, 6.07) is 20.0. The lowest BCUT2D eigenvalue weighted by Gasteiger charge is -2.11. The number of nitrogens with one attached hydrogen (secondary N) is 1. The molecule has 1 N–H and O–H groups in total. The van der Waals surface area contributed by atoms with Crippen molar-refractivity contribution in [3.05, 3.63) is 114 Å². The third-order valence-corrected chi connectivity index (χ3v) is 5.83. The second kappa shape index (κ2) is 11.2. The maximum Gasteiger partial charge on any atom is 0.244 e. The average molecular weight is 460 g/mol. The molecule has 2 aromatic carbocycles. The lowest BCUT2D eigenvalue weighted by Crippen LogP contribution is -2.23. The first-order chi connectivity index (χ1) is 16.2. The highest BCUT2D eigenvalue weighted by atomic mass is 32.2. The summed E-state index contributed by atoms with van der Waals surface area (Å²) < 4.78 is 15.3. The van der Waals surface area contributed by atoms with Gasteiger partial charge in [-0.1, -0.05) is 54.2 Å². The molecule has 0 aliphatic rings. The number of carbonyl (C=O) groups excluding carboxylic acids is 1. The van der Waals surface area contributed by atoms with Crippen LogP contribution in [0.2, 0.25) is 0 Å².